The van der Waals surface area contributed by atoms with Crippen LogP contribution in [0.5, 0.6) is 0 Å². The maximum absolute atomic E-state index is 12.6. The number of aromatic nitrogens is 2. The van der Waals surface area contributed by atoms with Crippen LogP contribution in [0, 0.1) is 0 Å². The van der Waals surface area contributed by atoms with Gasteiger partial charge in [-0.3, -0.25) is 0 Å². The standard InChI is InChI=1S/C20H20F3N3O/c1-27-14-17-4-2-3-16(11-17)13-24-12-15-5-7-18(8-6-15)26-10-9-19(25-26)20(21,22)23/h2-11,24H,12-14H2,1H3. The van der Waals surface area contributed by atoms with Crippen LogP contribution in [0.1, 0.15) is 22.4 Å². The molecule has 0 bridgehead atoms. The Hall–Kier alpha value is -2.64. The lowest BCUT2D eigenvalue weighted by molar-refractivity contribution is -0.141. The Balaban J connectivity index is 1.56. The van der Waals surface area contributed by atoms with Crippen LogP contribution >= 0.6 is 0 Å². The minimum Gasteiger partial charge on any atom is -0.380 e. The number of benzene rings is 2. The minimum atomic E-state index is -4.43. The second-order valence-corrected chi connectivity index (χ2v) is 6.17. The van der Waals surface area contributed by atoms with Gasteiger partial charge in [-0.05, 0) is 34.9 Å². The van der Waals surface area contributed by atoms with E-state index in [1.807, 2.05) is 30.3 Å². The molecule has 0 unspecified atom stereocenters. The predicted octanol–water partition coefficient (Wildman–Crippen LogP) is 4.33. The van der Waals surface area contributed by atoms with E-state index < -0.39 is 11.9 Å². The summed E-state index contributed by atoms with van der Waals surface area (Å²) in [6.45, 7) is 1.95. The summed E-state index contributed by atoms with van der Waals surface area (Å²) in [7, 11) is 1.67. The molecule has 4 nitrogen and oxygen atoms in total. The second kappa shape index (κ2) is 8.37. The first-order chi connectivity index (χ1) is 13.0. The fraction of sp³-hybridized carbons (Fsp3) is 0.250. The van der Waals surface area contributed by atoms with E-state index in [4.69, 9.17) is 4.74 Å². The lowest BCUT2D eigenvalue weighted by atomic mass is 10.1. The molecule has 1 heterocycles. The molecule has 0 spiro atoms. The summed E-state index contributed by atoms with van der Waals surface area (Å²) in [6.07, 6.45) is -3.13. The van der Waals surface area contributed by atoms with Gasteiger partial charge in [0.1, 0.15) is 0 Å². The van der Waals surface area contributed by atoms with Crippen molar-refractivity contribution in [3.8, 4) is 5.69 Å². The van der Waals surface area contributed by atoms with Crippen molar-refractivity contribution >= 4 is 0 Å². The fourth-order valence-electron chi connectivity index (χ4n) is 2.73. The van der Waals surface area contributed by atoms with Crippen molar-refractivity contribution in [3.63, 3.8) is 0 Å². The van der Waals surface area contributed by atoms with Gasteiger partial charge in [-0.15, -0.1) is 0 Å². The molecule has 0 aliphatic heterocycles. The van der Waals surface area contributed by atoms with E-state index in [2.05, 4.69) is 16.5 Å². The molecule has 0 fully saturated rings. The first-order valence-electron chi connectivity index (χ1n) is 8.45. The van der Waals surface area contributed by atoms with E-state index >= 15 is 0 Å². The predicted molar refractivity (Wildman–Crippen MR) is 96.3 cm³/mol. The molecule has 3 rings (SSSR count). The molecule has 7 heteroatoms. The summed E-state index contributed by atoms with van der Waals surface area (Å²) < 4.78 is 44.3. The highest BCUT2D eigenvalue weighted by Crippen LogP contribution is 2.27. The summed E-state index contributed by atoms with van der Waals surface area (Å²) >= 11 is 0. The third kappa shape index (κ3) is 5.18. The SMILES string of the molecule is COCc1cccc(CNCc2ccc(-n3ccc(C(F)(F)F)n3)cc2)c1. The van der Waals surface area contributed by atoms with Gasteiger partial charge in [-0.1, -0.05) is 36.4 Å². The quantitative estimate of drug-likeness (QED) is 0.668. The van der Waals surface area contributed by atoms with Crippen LogP contribution in [0.15, 0.2) is 60.8 Å². The number of hydrogen-bond donors (Lipinski definition) is 1. The largest absolute Gasteiger partial charge is 0.435 e. The molecule has 0 saturated carbocycles. The van der Waals surface area contributed by atoms with Crippen LogP contribution in [0.3, 0.4) is 0 Å². The monoisotopic (exact) mass is 375 g/mol. The van der Waals surface area contributed by atoms with Crippen LogP contribution in [0.2, 0.25) is 0 Å². The molecule has 0 aliphatic carbocycles. The van der Waals surface area contributed by atoms with Crippen molar-refractivity contribution in [2.24, 2.45) is 0 Å². The number of halogens is 3. The molecule has 27 heavy (non-hydrogen) atoms. The van der Waals surface area contributed by atoms with Crippen LogP contribution in [-0.4, -0.2) is 16.9 Å². The normalized spacial score (nSPS) is 11.7. The van der Waals surface area contributed by atoms with Crippen molar-refractivity contribution in [2.75, 3.05) is 7.11 Å². The van der Waals surface area contributed by atoms with Gasteiger partial charge in [0, 0.05) is 26.4 Å². The van der Waals surface area contributed by atoms with E-state index in [0.29, 0.717) is 25.4 Å². The van der Waals surface area contributed by atoms with Crippen molar-refractivity contribution in [3.05, 3.63) is 83.2 Å². The molecule has 0 saturated heterocycles. The molecule has 0 amide bonds. The average molecular weight is 375 g/mol. The second-order valence-electron chi connectivity index (χ2n) is 6.17. The van der Waals surface area contributed by atoms with Gasteiger partial charge < -0.3 is 10.1 Å². The molecule has 0 aliphatic rings. The van der Waals surface area contributed by atoms with Gasteiger partial charge in [0.2, 0.25) is 0 Å². The molecule has 0 atom stereocenters. The molecule has 3 aromatic rings. The summed E-state index contributed by atoms with van der Waals surface area (Å²) in [4.78, 5) is 0. The fourth-order valence-corrected chi connectivity index (χ4v) is 2.73. The van der Waals surface area contributed by atoms with E-state index in [0.717, 1.165) is 22.8 Å². The minimum absolute atomic E-state index is 0.582. The van der Waals surface area contributed by atoms with Gasteiger partial charge in [0.15, 0.2) is 5.69 Å². The first kappa shape index (κ1) is 19.1. The number of alkyl halides is 3. The van der Waals surface area contributed by atoms with Gasteiger partial charge in [-0.25, -0.2) is 4.68 Å². The number of nitrogens with one attached hydrogen (secondary N) is 1. The lowest BCUT2D eigenvalue weighted by Crippen LogP contribution is -2.13. The lowest BCUT2D eigenvalue weighted by Gasteiger charge is -2.08. The van der Waals surface area contributed by atoms with Gasteiger partial charge in [0.05, 0.1) is 12.3 Å². The molecule has 0 radical (unpaired) electrons. The summed E-state index contributed by atoms with van der Waals surface area (Å²) in [5.41, 5.74) is 3.01. The number of nitrogens with zero attached hydrogens (tertiary/aromatic N) is 2. The van der Waals surface area contributed by atoms with E-state index in [-0.39, 0.29) is 0 Å². The molecule has 2 aromatic carbocycles. The Labute approximate surface area is 155 Å². The maximum atomic E-state index is 12.6. The highest BCUT2D eigenvalue weighted by Gasteiger charge is 2.33. The molecule has 142 valence electrons. The zero-order chi connectivity index (χ0) is 19.3. The van der Waals surface area contributed by atoms with Crippen LogP contribution in [0.4, 0.5) is 13.2 Å². The van der Waals surface area contributed by atoms with Crippen molar-refractivity contribution < 1.29 is 17.9 Å². The van der Waals surface area contributed by atoms with E-state index in [1.54, 1.807) is 19.2 Å². The van der Waals surface area contributed by atoms with Crippen molar-refractivity contribution in [2.45, 2.75) is 25.9 Å². The average Bonchev–Trinajstić information content (AvgIpc) is 3.14. The third-order valence-electron chi connectivity index (χ3n) is 4.04. The van der Waals surface area contributed by atoms with E-state index in [1.165, 1.54) is 10.9 Å². The van der Waals surface area contributed by atoms with Crippen LogP contribution in [-0.2, 0) is 30.6 Å². The number of rotatable bonds is 7. The van der Waals surface area contributed by atoms with Crippen LogP contribution in [0.25, 0.3) is 5.69 Å². The maximum Gasteiger partial charge on any atom is 0.435 e. The number of ether oxygens (including phenoxy) is 1. The molecule has 1 aromatic heterocycles. The third-order valence-corrected chi connectivity index (χ3v) is 4.04. The molecular formula is C20H20F3N3O. The van der Waals surface area contributed by atoms with E-state index in [9.17, 15) is 13.2 Å². The summed E-state index contributed by atoms with van der Waals surface area (Å²) in [5.74, 6) is 0. The Morgan fingerprint density at radius 2 is 1.67 bits per heavy atom. The van der Waals surface area contributed by atoms with Gasteiger partial charge in [0.25, 0.3) is 0 Å². The number of hydrogen-bond acceptors (Lipinski definition) is 3. The van der Waals surface area contributed by atoms with Gasteiger partial charge in [-0.2, -0.15) is 18.3 Å². The number of methoxy groups -OCH3 is 1. The Morgan fingerprint density at radius 3 is 2.33 bits per heavy atom. The van der Waals surface area contributed by atoms with Crippen molar-refractivity contribution in [1.82, 2.24) is 15.1 Å². The highest BCUT2D eigenvalue weighted by molar-refractivity contribution is 5.34. The zero-order valence-corrected chi connectivity index (χ0v) is 14.8. The van der Waals surface area contributed by atoms with Crippen LogP contribution < -0.4 is 5.32 Å². The first-order valence-corrected chi connectivity index (χ1v) is 8.45. The zero-order valence-electron chi connectivity index (χ0n) is 14.8. The summed E-state index contributed by atoms with van der Waals surface area (Å²) in [5, 5.41) is 6.93. The smallest absolute Gasteiger partial charge is 0.380 e. The highest BCUT2D eigenvalue weighted by atomic mass is 19.4. The summed E-state index contributed by atoms with van der Waals surface area (Å²) in [6, 6.07) is 16.4. The Kier molecular flexibility index (Phi) is 5.93. The van der Waals surface area contributed by atoms with Gasteiger partial charge >= 0.3 is 6.18 Å². The topological polar surface area (TPSA) is 39.1 Å². The molecule has 1 N–H and O–H groups in total. The Morgan fingerprint density at radius 1 is 0.963 bits per heavy atom. The molecular weight excluding hydrogens is 355 g/mol. The van der Waals surface area contributed by atoms with Crippen molar-refractivity contribution in [1.29, 1.82) is 0 Å². The Bertz CT molecular complexity index is 873.